The molecule has 2 nitrogen and oxygen atoms in total. The van der Waals surface area contributed by atoms with Crippen molar-refractivity contribution in [2.75, 3.05) is 0 Å². The summed E-state index contributed by atoms with van der Waals surface area (Å²) in [5, 5.41) is 0.562. The Labute approximate surface area is 98.9 Å². The lowest BCUT2D eigenvalue weighted by atomic mass is 10.0. The molecule has 3 heteroatoms. The number of hydrogen-bond donors (Lipinski definition) is 0. The average Bonchev–Trinajstić information content (AvgIpc) is 2.29. The molecule has 80 valence electrons. The highest BCUT2D eigenvalue weighted by molar-refractivity contribution is 6.31. The number of aromatic nitrogens is 1. The Hall–Kier alpha value is -1.67. The van der Waals surface area contributed by atoms with E-state index in [0.29, 0.717) is 16.1 Å². The summed E-state index contributed by atoms with van der Waals surface area (Å²) in [6, 6.07) is 8.74. The SMILES string of the molecule is Cc1ccncc1C(=O)c1cccc(Cl)c1. The van der Waals surface area contributed by atoms with E-state index in [0.717, 1.165) is 5.56 Å². The van der Waals surface area contributed by atoms with Gasteiger partial charge in [0, 0.05) is 28.5 Å². The summed E-state index contributed by atoms with van der Waals surface area (Å²) in [4.78, 5) is 16.1. The highest BCUT2D eigenvalue weighted by Crippen LogP contribution is 2.16. The van der Waals surface area contributed by atoms with Crippen LogP contribution in [0.5, 0.6) is 0 Å². The molecule has 0 atom stereocenters. The van der Waals surface area contributed by atoms with Crippen LogP contribution in [0, 0.1) is 6.92 Å². The largest absolute Gasteiger partial charge is 0.289 e. The highest BCUT2D eigenvalue weighted by atomic mass is 35.5. The Bertz CT molecular complexity index is 537. The van der Waals surface area contributed by atoms with Gasteiger partial charge in [0.25, 0.3) is 0 Å². The molecule has 0 aliphatic carbocycles. The molecule has 1 aromatic carbocycles. The summed E-state index contributed by atoms with van der Waals surface area (Å²) in [6.07, 6.45) is 3.25. The van der Waals surface area contributed by atoms with Gasteiger partial charge in [0.1, 0.15) is 0 Å². The summed E-state index contributed by atoms with van der Waals surface area (Å²) in [5.74, 6) is -0.0481. The Kier molecular flexibility index (Phi) is 3.02. The van der Waals surface area contributed by atoms with E-state index >= 15 is 0 Å². The number of ketones is 1. The van der Waals surface area contributed by atoms with E-state index in [-0.39, 0.29) is 5.78 Å². The Morgan fingerprint density at radius 3 is 2.81 bits per heavy atom. The van der Waals surface area contributed by atoms with Gasteiger partial charge < -0.3 is 0 Å². The van der Waals surface area contributed by atoms with Crippen LogP contribution in [0.1, 0.15) is 21.5 Å². The monoisotopic (exact) mass is 231 g/mol. The maximum absolute atomic E-state index is 12.1. The van der Waals surface area contributed by atoms with Gasteiger partial charge in [-0.25, -0.2) is 0 Å². The van der Waals surface area contributed by atoms with Gasteiger partial charge >= 0.3 is 0 Å². The van der Waals surface area contributed by atoms with E-state index in [9.17, 15) is 4.79 Å². The third kappa shape index (κ3) is 2.12. The number of aryl methyl sites for hydroxylation is 1. The van der Waals surface area contributed by atoms with Crippen LogP contribution in [-0.4, -0.2) is 10.8 Å². The summed E-state index contributed by atoms with van der Waals surface area (Å²) in [7, 11) is 0. The lowest BCUT2D eigenvalue weighted by molar-refractivity contribution is 0.103. The molecule has 0 saturated carbocycles. The fourth-order valence-corrected chi connectivity index (χ4v) is 1.68. The fraction of sp³-hybridized carbons (Fsp3) is 0.0769. The van der Waals surface area contributed by atoms with E-state index in [1.165, 1.54) is 0 Å². The van der Waals surface area contributed by atoms with Crippen molar-refractivity contribution >= 4 is 17.4 Å². The van der Waals surface area contributed by atoms with E-state index < -0.39 is 0 Å². The molecule has 2 aromatic rings. The van der Waals surface area contributed by atoms with Crippen LogP contribution in [0.2, 0.25) is 5.02 Å². The minimum atomic E-state index is -0.0481. The number of pyridine rings is 1. The smallest absolute Gasteiger partial charge is 0.194 e. The first kappa shape index (κ1) is 10.8. The fourth-order valence-electron chi connectivity index (χ4n) is 1.49. The predicted octanol–water partition coefficient (Wildman–Crippen LogP) is 3.27. The van der Waals surface area contributed by atoms with Crippen molar-refractivity contribution < 1.29 is 4.79 Å². The molecule has 0 spiro atoms. The molecular weight excluding hydrogens is 222 g/mol. The van der Waals surface area contributed by atoms with Crippen LogP contribution >= 0.6 is 11.6 Å². The maximum atomic E-state index is 12.1. The molecule has 0 unspecified atom stereocenters. The molecule has 0 saturated heterocycles. The van der Waals surface area contributed by atoms with Gasteiger partial charge in [0.15, 0.2) is 5.78 Å². The van der Waals surface area contributed by atoms with Crippen molar-refractivity contribution in [3.8, 4) is 0 Å². The van der Waals surface area contributed by atoms with Gasteiger partial charge in [0.05, 0.1) is 0 Å². The molecule has 0 aliphatic heterocycles. The molecular formula is C13H10ClNO. The Morgan fingerprint density at radius 1 is 1.31 bits per heavy atom. The van der Waals surface area contributed by atoms with Crippen LogP contribution in [0.3, 0.4) is 0 Å². The Balaban J connectivity index is 2.44. The lowest BCUT2D eigenvalue weighted by Gasteiger charge is -2.04. The maximum Gasteiger partial charge on any atom is 0.194 e. The number of rotatable bonds is 2. The van der Waals surface area contributed by atoms with Crippen molar-refractivity contribution in [1.29, 1.82) is 0 Å². The predicted molar refractivity (Wildman–Crippen MR) is 63.9 cm³/mol. The molecule has 0 N–H and O–H groups in total. The molecule has 1 heterocycles. The number of carbonyl (C=O) groups excluding carboxylic acids is 1. The normalized spacial score (nSPS) is 10.1. The summed E-state index contributed by atoms with van der Waals surface area (Å²) >= 11 is 5.85. The third-order valence-corrected chi connectivity index (χ3v) is 2.61. The van der Waals surface area contributed by atoms with Crippen molar-refractivity contribution in [2.45, 2.75) is 6.92 Å². The van der Waals surface area contributed by atoms with Crippen molar-refractivity contribution in [3.05, 3.63) is 64.4 Å². The zero-order valence-electron chi connectivity index (χ0n) is 8.77. The zero-order chi connectivity index (χ0) is 11.5. The van der Waals surface area contributed by atoms with Gasteiger partial charge in [-0.05, 0) is 30.7 Å². The number of carbonyl (C=O) groups is 1. The minimum absolute atomic E-state index is 0.0481. The van der Waals surface area contributed by atoms with Gasteiger partial charge in [0.2, 0.25) is 0 Å². The Morgan fingerprint density at radius 2 is 2.12 bits per heavy atom. The standard InChI is InChI=1S/C13H10ClNO/c1-9-5-6-15-8-12(9)13(16)10-3-2-4-11(14)7-10/h2-8H,1H3. The average molecular weight is 232 g/mol. The second-order valence-electron chi connectivity index (χ2n) is 3.53. The van der Waals surface area contributed by atoms with Crippen molar-refractivity contribution in [3.63, 3.8) is 0 Å². The number of halogens is 1. The second kappa shape index (κ2) is 4.45. The number of nitrogens with zero attached hydrogens (tertiary/aromatic N) is 1. The van der Waals surface area contributed by atoms with Gasteiger partial charge in [-0.1, -0.05) is 23.7 Å². The summed E-state index contributed by atoms with van der Waals surface area (Å²) in [5.41, 5.74) is 2.12. The van der Waals surface area contributed by atoms with Gasteiger partial charge in [-0.2, -0.15) is 0 Å². The summed E-state index contributed by atoms with van der Waals surface area (Å²) in [6.45, 7) is 1.89. The second-order valence-corrected chi connectivity index (χ2v) is 3.97. The van der Waals surface area contributed by atoms with Crippen LogP contribution in [-0.2, 0) is 0 Å². The van der Waals surface area contributed by atoms with E-state index in [1.807, 2.05) is 13.0 Å². The number of benzene rings is 1. The molecule has 0 fully saturated rings. The quantitative estimate of drug-likeness (QED) is 0.743. The molecule has 16 heavy (non-hydrogen) atoms. The lowest BCUT2D eigenvalue weighted by Crippen LogP contribution is -2.03. The first-order valence-corrected chi connectivity index (χ1v) is 5.27. The van der Waals surface area contributed by atoms with E-state index in [1.54, 1.807) is 36.7 Å². The zero-order valence-corrected chi connectivity index (χ0v) is 9.53. The minimum Gasteiger partial charge on any atom is -0.289 e. The van der Waals surface area contributed by atoms with Crippen molar-refractivity contribution in [1.82, 2.24) is 4.98 Å². The molecule has 0 bridgehead atoms. The van der Waals surface area contributed by atoms with E-state index in [2.05, 4.69) is 4.98 Å². The van der Waals surface area contributed by atoms with Crippen LogP contribution in [0.15, 0.2) is 42.7 Å². The highest BCUT2D eigenvalue weighted by Gasteiger charge is 2.11. The van der Waals surface area contributed by atoms with Gasteiger partial charge in [-0.15, -0.1) is 0 Å². The van der Waals surface area contributed by atoms with Crippen molar-refractivity contribution in [2.24, 2.45) is 0 Å². The van der Waals surface area contributed by atoms with Crippen LogP contribution in [0.4, 0.5) is 0 Å². The molecule has 0 aliphatic rings. The topological polar surface area (TPSA) is 30.0 Å². The first-order valence-electron chi connectivity index (χ1n) is 4.89. The molecule has 0 radical (unpaired) electrons. The third-order valence-electron chi connectivity index (χ3n) is 2.37. The molecule has 1 aromatic heterocycles. The van der Waals surface area contributed by atoms with Crippen LogP contribution < -0.4 is 0 Å². The summed E-state index contributed by atoms with van der Waals surface area (Å²) < 4.78 is 0. The molecule has 2 rings (SSSR count). The number of hydrogen-bond acceptors (Lipinski definition) is 2. The van der Waals surface area contributed by atoms with E-state index in [4.69, 9.17) is 11.6 Å². The van der Waals surface area contributed by atoms with Gasteiger partial charge in [-0.3, -0.25) is 9.78 Å². The van der Waals surface area contributed by atoms with Crippen LogP contribution in [0.25, 0.3) is 0 Å². The molecule has 0 amide bonds. The first-order chi connectivity index (χ1) is 7.68.